The van der Waals surface area contributed by atoms with E-state index in [2.05, 4.69) is 10.2 Å². The van der Waals surface area contributed by atoms with Crippen LogP contribution in [0.25, 0.3) is 0 Å². The Kier molecular flexibility index (Phi) is 7.58. The van der Waals surface area contributed by atoms with Gasteiger partial charge in [0.25, 0.3) is 0 Å². The van der Waals surface area contributed by atoms with Gasteiger partial charge in [-0.05, 0) is 65.0 Å². The summed E-state index contributed by atoms with van der Waals surface area (Å²) in [5.74, 6) is 0.0976. The summed E-state index contributed by atoms with van der Waals surface area (Å²) < 4.78 is 0. The molecule has 1 aromatic carbocycles. The van der Waals surface area contributed by atoms with E-state index in [0.717, 1.165) is 42.7 Å². The Morgan fingerprint density at radius 2 is 1.81 bits per heavy atom. The normalized spacial score (nSPS) is 18.7. The van der Waals surface area contributed by atoms with Crippen LogP contribution in [0.1, 0.15) is 30.4 Å². The molecule has 3 N–H and O–H groups in total. The zero-order chi connectivity index (χ0) is 19.3. The van der Waals surface area contributed by atoms with Crippen LogP contribution in [-0.4, -0.2) is 72.0 Å². The van der Waals surface area contributed by atoms with E-state index in [1.54, 1.807) is 19.0 Å². The Hall–Kier alpha value is -1.47. The maximum atomic E-state index is 12.6. The number of carbonyl (C=O) groups excluding carboxylic acids is 1. The molecule has 0 bridgehead atoms. The lowest BCUT2D eigenvalue weighted by atomic mass is 9.95. The number of nitrogens with zero attached hydrogens (tertiary/aromatic N) is 2. The molecule has 2 rings (SSSR count). The molecule has 1 aromatic rings. The van der Waals surface area contributed by atoms with Gasteiger partial charge in [-0.1, -0.05) is 18.2 Å². The standard InChI is InChI=1S/C20H33N3O3/c1-14-6-5-7-15(2)19(14)21-20(26)16-8-10-23(11-9-16)13-17(24)12-18(25)22(3)4/h5-7,16-18,24-25H,8-13H2,1-4H3,(H,21,26). The minimum Gasteiger partial charge on any atom is -0.392 e. The number of hydrogen-bond acceptors (Lipinski definition) is 5. The highest BCUT2D eigenvalue weighted by Gasteiger charge is 2.27. The number of aliphatic hydroxyl groups is 2. The molecule has 6 heteroatoms. The van der Waals surface area contributed by atoms with Crippen LogP contribution < -0.4 is 5.32 Å². The first-order valence-electron chi connectivity index (χ1n) is 9.40. The van der Waals surface area contributed by atoms with Crippen molar-refractivity contribution >= 4 is 11.6 Å². The number of amides is 1. The van der Waals surface area contributed by atoms with E-state index in [4.69, 9.17) is 0 Å². The third kappa shape index (κ3) is 5.77. The van der Waals surface area contributed by atoms with Crippen LogP contribution in [0.4, 0.5) is 5.69 Å². The summed E-state index contributed by atoms with van der Waals surface area (Å²) in [6.45, 7) is 6.14. The highest BCUT2D eigenvalue weighted by molar-refractivity contribution is 5.94. The third-order valence-electron chi connectivity index (χ3n) is 5.24. The molecule has 2 unspecified atom stereocenters. The van der Waals surface area contributed by atoms with E-state index >= 15 is 0 Å². The van der Waals surface area contributed by atoms with Crippen LogP contribution >= 0.6 is 0 Å². The average Bonchev–Trinajstić information content (AvgIpc) is 2.58. The molecule has 1 aliphatic rings. The minimum absolute atomic E-state index is 0.00904. The van der Waals surface area contributed by atoms with Crippen molar-refractivity contribution in [2.75, 3.05) is 39.0 Å². The lowest BCUT2D eigenvalue weighted by Crippen LogP contribution is -2.43. The second kappa shape index (κ2) is 9.46. The van der Waals surface area contributed by atoms with Gasteiger partial charge in [0.2, 0.25) is 5.91 Å². The number of para-hydroxylation sites is 1. The Balaban J connectivity index is 1.80. The maximum absolute atomic E-state index is 12.6. The van der Waals surface area contributed by atoms with E-state index < -0.39 is 12.3 Å². The first kappa shape index (κ1) is 20.8. The van der Waals surface area contributed by atoms with Crippen molar-refractivity contribution in [3.8, 4) is 0 Å². The Bertz CT molecular complexity index is 578. The monoisotopic (exact) mass is 363 g/mol. The number of β-amino-alcohol motifs (C(OH)–C–C–N with tert-alkyl or cyclic N) is 1. The molecule has 0 aromatic heterocycles. The fourth-order valence-corrected chi connectivity index (χ4v) is 3.44. The maximum Gasteiger partial charge on any atom is 0.227 e. The van der Waals surface area contributed by atoms with Gasteiger partial charge in [0.05, 0.1) is 6.10 Å². The zero-order valence-corrected chi connectivity index (χ0v) is 16.4. The summed E-state index contributed by atoms with van der Waals surface area (Å²) in [6, 6.07) is 6.01. The highest BCUT2D eigenvalue weighted by Crippen LogP contribution is 2.24. The van der Waals surface area contributed by atoms with Crippen LogP contribution in [0.5, 0.6) is 0 Å². The van der Waals surface area contributed by atoms with E-state index in [-0.39, 0.29) is 11.8 Å². The molecule has 6 nitrogen and oxygen atoms in total. The summed E-state index contributed by atoms with van der Waals surface area (Å²) in [5.41, 5.74) is 3.09. The Morgan fingerprint density at radius 3 is 2.35 bits per heavy atom. The number of rotatable bonds is 7. The first-order valence-corrected chi connectivity index (χ1v) is 9.40. The summed E-state index contributed by atoms with van der Waals surface area (Å²) in [5, 5.41) is 23.1. The number of piperidine rings is 1. The number of anilines is 1. The first-order chi connectivity index (χ1) is 12.3. The minimum atomic E-state index is -0.634. The number of benzene rings is 1. The number of hydrogen-bond donors (Lipinski definition) is 3. The van der Waals surface area contributed by atoms with Gasteiger partial charge < -0.3 is 20.4 Å². The third-order valence-corrected chi connectivity index (χ3v) is 5.24. The zero-order valence-electron chi connectivity index (χ0n) is 16.4. The molecule has 0 radical (unpaired) electrons. The molecule has 1 amide bonds. The van der Waals surface area contributed by atoms with Crippen LogP contribution in [0.15, 0.2) is 18.2 Å². The van der Waals surface area contributed by atoms with Crippen molar-refractivity contribution in [1.82, 2.24) is 9.80 Å². The van der Waals surface area contributed by atoms with Gasteiger partial charge in [-0.25, -0.2) is 0 Å². The van der Waals surface area contributed by atoms with Crippen LogP contribution in [0, 0.1) is 19.8 Å². The van der Waals surface area contributed by atoms with E-state index in [9.17, 15) is 15.0 Å². The van der Waals surface area contributed by atoms with Gasteiger partial charge in [0, 0.05) is 24.6 Å². The summed E-state index contributed by atoms with van der Waals surface area (Å²) >= 11 is 0. The van der Waals surface area contributed by atoms with Crippen molar-refractivity contribution in [2.24, 2.45) is 5.92 Å². The molecule has 1 aliphatic heterocycles. The molecule has 0 spiro atoms. The van der Waals surface area contributed by atoms with Crippen molar-refractivity contribution in [3.63, 3.8) is 0 Å². The summed E-state index contributed by atoms with van der Waals surface area (Å²) in [6.07, 6.45) is 0.720. The predicted octanol–water partition coefficient (Wildman–Crippen LogP) is 1.58. The second-order valence-electron chi connectivity index (χ2n) is 7.66. The predicted molar refractivity (Wildman–Crippen MR) is 104 cm³/mol. The van der Waals surface area contributed by atoms with Gasteiger partial charge in [0.1, 0.15) is 6.23 Å². The van der Waals surface area contributed by atoms with E-state index in [1.807, 2.05) is 32.0 Å². The van der Waals surface area contributed by atoms with Gasteiger partial charge in [-0.2, -0.15) is 0 Å². The molecule has 0 saturated carbocycles. The lowest BCUT2D eigenvalue weighted by molar-refractivity contribution is -0.121. The fraction of sp³-hybridized carbons (Fsp3) is 0.650. The molecule has 26 heavy (non-hydrogen) atoms. The number of likely N-dealkylation sites (tertiary alicyclic amines) is 1. The van der Waals surface area contributed by atoms with Crippen LogP contribution in [-0.2, 0) is 4.79 Å². The molecule has 146 valence electrons. The molecule has 1 saturated heterocycles. The quantitative estimate of drug-likeness (QED) is 0.642. The molecule has 1 fully saturated rings. The van der Waals surface area contributed by atoms with Gasteiger partial charge >= 0.3 is 0 Å². The van der Waals surface area contributed by atoms with Crippen molar-refractivity contribution in [3.05, 3.63) is 29.3 Å². The molecular weight excluding hydrogens is 330 g/mol. The summed E-state index contributed by atoms with van der Waals surface area (Å²) in [4.78, 5) is 16.5. The summed E-state index contributed by atoms with van der Waals surface area (Å²) in [7, 11) is 3.58. The molecule has 2 atom stereocenters. The SMILES string of the molecule is Cc1cccc(C)c1NC(=O)C1CCN(CC(O)CC(O)N(C)C)CC1. The number of nitrogens with one attached hydrogen (secondary N) is 1. The van der Waals surface area contributed by atoms with Gasteiger partial charge in [0.15, 0.2) is 0 Å². The Labute approximate surface area is 156 Å². The second-order valence-corrected chi connectivity index (χ2v) is 7.66. The molecule has 0 aliphatic carbocycles. The van der Waals surface area contributed by atoms with Gasteiger partial charge in [-0.15, -0.1) is 0 Å². The average molecular weight is 364 g/mol. The lowest BCUT2D eigenvalue weighted by Gasteiger charge is -2.33. The number of aryl methyl sites for hydroxylation is 2. The molecule has 1 heterocycles. The number of aliphatic hydroxyl groups excluding tert-OH is 2. The Morgan fingerprint density at radius 1 is 1.23 bits per heavy atom. The topological polar surface area (TPSA) is 76.0 Å². The van der Waals surface area contributed by atoms with Crippen LogP contribution in [0.3, 0.4) is 0 Å². The van der Waals surface area contributed by atoms with E-state index in [0.29, 0.717) is 13.0 Å². The largest absolute Gasteiger partial charge is 0.392 e. The van der Waals surface area contributed by atoms with Crippen molar-refractivity contribution in [2.45, 2.75) is 45.4 Å². The van der Waals surface area contributed by atoms with Gasteiger partial charge in [-0.3, -0.25) is 9.69 Å². The smallest absolute Gasteiger partial charge is 0.227 e. The van der Waals surface area contributed by atoms with Crippen LogP contribution in [0.2, 0.25) is 0 Å². The highest BCUT2D eigenvalue weighted by atomic mass is 16.3. The van der Waals surface area contributed by atoms with E-state index in [1.165, 1.54) is 0 Å². The number of carbonyl (C=O) groups is 1. The molecular formula is C20H33N3O3. The fourth-order valence-electron chi connectivity index (χ4n) is 3.44. The van der Waals surface area contributed by atoms with Crippen molar-refractivity contribution in [1.29, 1.82) is 0 Å². The van der Waals surface area contributed by atoms with Crippen molar-refractivity contribution < 1.29 is 15.0 Å².